The zero-order valence-corrected chi connectivity index (χ0v) is 28.5. The molecule has 4 rings (SSSR count). The minimum atomic E-state index is -4.29. The Morgan fingerprint density at radius 3 is 2.07 bits per heavy atom. The fraction of sp³-hybridized carbons (Fsp3) is 0.257. The Morgan fingerprint density at radius 1 is 0.826 bits per heavy atom. The van der Waals surface area contributed by atoms with Gasteiger partial charge in [0.1, 0.15) is 12.6 Å². The van der Waals surface area contributed by atoms with Crippen molar-refractivity contribution >= 4 is 43.5 Å². The highest BCUT2D eigenvalue weighted by Gasteiger charge is 2.35. The van der Waals surface area contributed by atoms with Crippen LogP contribution in [0.3, 0.4) is 0 Å². The average Bonchev–Trinajstić information content (AvgIpc) is 3.08. The van der Waals surface area contributed by atoms with E-state index in [9.17, 15) is 18.0 Å². The lowest BCUT2D eigenvalue weighted by atomic mass is 10.0. The van der Waals surface area contributed by atoms with Gasteiger partial charge in [0, 0.05) is 30.0 Å². The van der Waals surface area contributed by atoms with Crippen molar-refractivity contribution < 1.29 is 27.5 Å². The van der Waals surface area contributed by atoms with Crippen LogP contribution in [0.1, 0.15) is 24.5 Å². The first-order chi connectivity index (χ1) is 22.2. The number of ether oxygens (including phenoxy) is 2. The standard InChI is InChI=1S/C35H38BrN3O6S/c1-4-21-37-35(41)31(22-26-11-7-5-8-12-26)38(24-27-15-17-28(36)18-16-27)34(40)25-39(29-13-9-6-10-14-29)46(42,43)30-19-20-32(44-2)33(23-30)45-3/h5-20,23,31H,4,21-22,24-25H2,1-3H3,(H,37,41). The highest BCUT2D eigenvalue weighted by atomic mass is 79.9. The van der Waals surface area contributed by atoms with Gasteiger partial charge in [0.25, 0.3) is 10.0 Å². The van der Waals surface area contributed by atoms with Crippen LogP contribution in [-0.4, -0.2) is 58.5 Å². The summed E-state index contributed by atoms with van der Waals surface area (Å²) in [6.07, 6.45) is 0.961. The van der Waals surface area contributed by atoms with Crippen LogP contribution >= 0.6 is 15.9 Å². The number of nitrogens with zero attached hydrogens (tertiary/aromatic N) is 2. The highest BCUT2D eigenvalue weighted by molar-refractivity contribution is 9.10. The van der Waals surface area contributed by atoms with E-state index < -0.39 is 28.5 Å². The number of carbonyl (C=O) groups is 2. The molecule has 0 saturated carbocycles. The van der Waals surface area contributed by atoms with E-state index in [0.717, 1.165) is 26.3 Å². The summed E-state index contributed by atoms with van der Waals surface area (Å²) in [7, 11) is -1.41. The Labute approximate surface area is 279 Å². The first-order valence-corrected chi connectivity index (χ1v) is 17.1. The summed E-state index contributed by atoms with van der Waals surface area (Å²) >= 11 is 3.45. The van der Waals surface area contributed by atoms with Crippen LogP contribution < -0.4 is 19.1 Å². The molecule has 242 valence electrons. The van der Waals surface area contributed by atoms with Crippen molar-refractivity contribution in [2.75, 3.05) is 31.6 Å². The number of anilines is 1. The molecule has 0 saturated heterocycles. The molecule has 4 aromatic rings. The molecule has 9 nitrogen and oxygen atoms in total. The molecule has 0 heterocycles. The third-order valence-corrected chi connectivity index (χ3v) is 9.65. The van der Waals surface area contributed by atoms with Gasteiger partial charge in [-0.1, -0.05) is 83.5 Å². The normalized spacial score (nSPS) is 11.7. The molecule has 4 aromatic carbocycles. The Kier molecular flexibility index (Phi) is 12.2. The molecular weight excluding hydrogens is 670 g/mol. The number of rotatable bonds is 15. The van der Waals surface area contributed by atoms with Crippen molar-refractivity contribution in [1.29, 1.82) is 0 Å². The second-order valence-corrected chi connectivity index (χ2v) is 13.3. The van der Waals surface area contributed by atoms with E-state index in [-0.39, 0.29) is 29.5 Å². The van der Waals surface area contributed by atoms with Crippen molar-refractivity contribution in [3.63, 3.8) is 0 Å². The van der Waals surface area contributed by atoms with Crippen LogP contribution in [0.5, 0.6) is 11.5 Å². The van der Waals surface area contributed by atoms with E-state index in [1.54, 1.807) is 30.3 Å². The Bertz CT molecular complexity index is 1700. The number of methoxy groups -OCH3 is 2. The average molecular weight is 709 g/mol. The molecule has 0 spiro atoms. The molecule has 46 heavy (non-hydrogen) atoms. The molecule has 0 aliphatic carbocycles. The van der Waals surface area contributed by atoms with Gasteiger partial charge in [-0.2, -0.15) is 0 Å². The number of para-hydroxylation sites is 1. The first kappa shape index (κ1) is 34.5. The summed E-state index contributed by atoms with van der Waals surface area (Å²) in [5, 5.41) is 2.95. The van der Waals surface area contributed by atoms with Crippen molar-refractivity contribution in [2.24, 2.45) is 0 Å². The van der Waals surface area contributed by atoms with Gasteiger partial charge in [-0.3, -0.25) is 13.9 Å². The van der Waals surface area contributed by atoms with E-state index in [4.69, 9.17) is 9.47 Å². The number of hydrogen-bond acceptors (Lipinski definition) is 6. The number of carbonyl (C=O) groups excluding carboxylic acids is 2. The Hall–Kier alpha value is -4.35. The van der Waals surface area contributed by atoms with Gasteiger partial charge in [-0.25, -0.2) is 8.42 Å². The Morgan fingerprint density at radius 2 is 1.46 bits per heavy atom. The second kappa shape index (κ2) is 16.3. The molecule has 0 aliphatic rings. The maximum absolute atomic E-state index is 14.5. The monoisotopic (exact) mass is 707 g/mol. The predicted molar refractivity (Wildman–Crippen MR) is 182 cm³/mol. The van der Waals surface area contributed by atoms with E-state index in [1.165, 1.54) is 37.3 Å². The van der Waals surface area contributed by atoms with Crippen LogP contribution in [0.4, 0.5) is 5.69 Å². The van der Waals surface area contributed by atoms with Crippen molar-refractivity contribution in [2.45, 2.75) is 37.2 Å². The molecule has 11 heteroatoms. The fourth-order valence-electron chi connectivity index (χ4n) is 4.93. The molecule has 0 aliphatic heterocycles. The smallest absolute Gasteiger partial charge is 0.264 e. The Balaban J connectivity index is 1.79. The second-order valence-electron chi connectivity index (χ2n) is 10.5. The molecular formula is C35H38BrN3O6S. The maximum atomic E-state index is 14.5. The van der Waals surface area contributed by atoms with Gasteiger partial charge in [0.15, 0.2) is 11.5 Å². The van der Waals surface area contributed by atoms with Gasteiger partial charge in [0.05, 0.1) is 24.8 Å². The molecule has 0 aromatic heterocycles. The van der Waals surface area contributed by atoms with E-state index in [2.05, 4.69) is 21.2 Å². The minimum Gasteiger partial charge on any atom is -0.493 e. The van der Waals surface area contributed by atoms with Crippen molar-refractivity contribution in [3.05, 3.63) is 119 Å². The summed E-state index contributed by atoms with van der Waals surface area (Å²) in [5.74, 6) is -0.254. The number of nitrogens with one attached hydrogen (secondary N) is 1. The molecule has 1 unspecified atom stereocenters. The largest absolute Gasteiger partial charge is 0.493 e. The van der Waals surface area contributed by atoms with E-state index in [0.29, 0.717) is 18.0 Å². The summed E-state index contributed by atoms with van der Waals surface area (Å²) in [6.45, 7) is 1.92. The van der Waals surface area contributed by atoms with Gasteiger partial charge < -0.3 is 19.7 Å². The van der Waals surface area contributed by atoms with Crippen LogP contribution in [0.15, 0.2) is 112 Å². The lowest BCUT2D eigenvalue weighted by molar-refractivity contribution is -0.140. The topological polar surface area (TPSA) is 105 Å². The summed E-state index contributed by atoms with van der Waals surface area (Å²) in [6, 6.07) is 28.7. The number of amides is 2. The van der Waals surface area contributed by atoms with Gasteiger partial charge in [0.2, 0.25) is 11.8 Å². The zero-order chi connectivity index (χ0) is 33.1. The number of halogens is 1. The maximum Gasteiger partial charge on any atom is 0.264 e. The van der Waals surface area contributed by atoms with E-state index >= 15 is 0 Å². The summed E-state index contributed by atoms with van der Waals surface area (Å²) in [5.41, 5.74) is 1.95. The van der Waals surface area contributed by atoms with Crippen LogP contribution in [0, 0.1) is 0 Å². The minimum absolute atomic E-state index is 0.0808. The van der Waals surface area contributed by atoms with Crippen LogP contribution in [0.25, 0.3) is 0 Å². The first-order valence-electron chi connectivity index (χ1n) is 14.8. The summed E-state index contributed by atoms with van der Waals surface area (Å²) < 4.78 is 41.1. The zero-order valence-electron chi connectivity index (χ0n) is 26.1. The van der Waals surface area contributed by atoms with Crippen LogP contribution in [0.2, 0.25) is 0 Å². The molecule has 0 fully saturated rings. The number of hydrogen-bond donors (Lipinski definition) is 1. The van der Waals surface area contributed by atoms with Gasteiger partial charge >= 0.3 is 0 Å². The van der Waals surface area contributed by atoms with Crippen LogP contribution in [-0.2, 0) is 32.6 Å². The van der Waals surface area contributed by atoms with Crippen molar-refractivity contribution in [3.8, 4) is 11.5 Å². The van der Waals surface area contributed by atoms with Crippen molar-refractivity contribution in [1.82, 2.24) is 10.2 Å². The number of benzene rings is 4. The predicted octanol–water partition coefficient (Wildman–Crippen LogP) is 5.83. The summed E-state index contributed by atoms with van der Waals surface area (Å²) in [4.78, 5) is 29.6. The van der Waals surface area contributed by atoms with Gasteiger partial charge in [-0.15, -0.1) is 0 Å². The lowest BCUT2D eigenvalue weighted by Gasteiger charge is -2.34. The van der Waals surface area contributed by atoms with Gasteiger partial charge in [-0.05, 0) is 53.9 Å². The fourth-order valence-corrected chi connectivity index (χ4v) is 6.63. The molecule has 0 bridgehead atoms. The highest BCUT2D eigenvalue weighted by Crippen LogP contribution is 2.32. The third kappa shape index (κ3) is 8.67. The molecule has 2 amide bonds. The third-order valence-electron chi connectivity index (χ3n) is 7.35. The quantitative estimate of drug-likeness (QED) is 0.167. The molecule has 1 atom stereocenters. The lowest BCUT2D eigenvalue weighted by Crippen LogP contribution is -2.53. The van der Waals surface area contributed by atoms with E-state index in [1.807, 2.05) is 61.5 Å². The molecule has 1 N–H and O–H groups in total. The SMILES string of the molecule is CCCNC(=O)C(Cc1ccccc1)N(Cc1ccc(Br)cc1)C(=O)CN(c1ccccc1)S(=O)(=O)c1ccc(OC)c(OC)c1. The molecule has 0 radical (unpaired) electrons. The number of sulfonamides is 1.